The molecule has 1 spiro atoms. The first-order valence-corrected chi connectivity index (χ1v) is 10.6. The first-order valence-electron chi connectivity index (χ1n) is 10.6. The van der Waals surface area contributed by atoms with Crippen LogP contribution >= 0.6 is 0 Å². The van der Waals surface area contributed by atoms with Crippen molar-refractivity contribution >= 4 is 0 Å². The standard InChI is InChI=1S/C25H30F2N2/c1-17(26)18(2)28-19(3)29-16-25(12-13-25)15-22(29)14-21-10-7-11-23(24(21)27)20-8-5-4-6-9-20/h4-11,17-18,22,28H,3,12-16H2,1-2H3/t17?,18-,22+/m1/s1. The van der Waals surface area contributed by atoms with Gasteiger partial charge >= 0.3 is 0 Å². The number of hydrogen-bond donors (Lipinski definition) is 1. The van der Waals surface area contributed by atoms with Crippen LogP contribution in [-0.2, 0) is 6.42 Å². The van der Waals surface area contributed by atoms with Crippen molar-refractivity contribution < 1.29 is 8.78 Å². The molecule has 2 fully saturated rings. The summed E-state index contributed by atoms with van der Waals surface area (Å²) in [6.07, 6.45) is 3.16. The summed E-state index contributed by atoms with van der Waals surface area (Å²) in [6.45, 7) is 8.50. The van der Waals surface area contributed by atoms with Crippen molar-refractivity contribution in [3.8, 4) is 11.1 Å². The van der Waals surface area contributed by atoms with Crippen LogP contribution < -0.4 is 5.32 Å². The fourth-order valence-corrected chi connectivity index (χ4v) is 4.49. The first kappa shape index (κ1) is 19.9. The van der Waals surface area contributed by atoms with Gasteiger partial charge in [-0.2, -0.15) is 0 Å². The van der Waals surface area contributed by atoms with Crippen LogP contribution in [0.25, 0.3) is 11.1 Å². The Morgan fingerprint density at radius 3 is 2.55 bits per heavy atom. The number of benzene rings is 2. The molecular formula is C25H30F2N2. The predicted octanol–water partition coefficient (Wildman–Crippen LogP) is 5.70. The molecule has 1 aliphatic carbocycles. The second kappa shape index (κ2) is 7.81. The van der Waals surface area contributed by atoms with E-state index in [0.717, 1.165) is 29.9 Å². The predicted molar refractivity (Wildman–Crippen MR) is 115 cm³/mol. The maximum absolute atomic E-state index is 15.4. The highest BCUT2D eigenvalue weighted by Gasteiger charge is 2.52. The Morgan fingerprint density at radius 1 is 1.17 bits per heavy atom. The molecule has 1 saturated carbocycles. The summed E-state index contributed by atoms with van der Waals surface area (Å²) < 4.78 is 29.0. The van der Waals surface area contributed by atoms with Crippen LogP contribution in [0.3, 0.4) is 0 Å². The topological polar surface area (TPSA) is 15.3 Å². The quantitative estimate of drug-likeness (QED) is 0.646. The summed E-state index contributed by atoms with van der Waals surface area (Å²) in [4.78, 5) is 2.25. The van der Waals surface area contributed by atoms with Gasteiger partial charge in [0.05, 0.1) is 11.9 Å². The van der Waals surface area contributed by atoms with Crippen LogP contribution in [0.1, 0.15) is 38.7 Å². The van der Waals surface area contributed by atoms with Gasteiger partial charge in [0, 0.05) is 18.2 Å². The van der Waals surface area contributed by atoms with Crippen LogP contribution in [0.5, 0.6) is 0 Å². The van der Waals surface area contributed by atoms with E-state index >= 15 is 4.39 Å². The van der Waals surface area contributed by atoms with Crippen molar-refractivity contribution in [1.29, 1.82) is 0 Å². The number of nitrogens with zero attached hydrogens (tertiary/aromatic N) is 1. The Kier molecular flexibility index (Phi) is 5.37. The fraction of sp³-hybridized carbons (Fsp3) is 0.440. The van der Waals surface area contributed by atoms with E-state index in [9.17, 15) is 4.39 Å². The zero-order valence-corrected chi connectivity index (χ0v) is 17.3. The molecule has 4 heteroatoms. The molecule has 154 valence electrons. The van der Waals surface area contributed by atoms with E-state index in [1.807, 2.05) is 55.5 Å². The van der Waals surface area contributed by atoms with E-state index in [4.69, 9.17) is 0 Å². The van der Waals surface area contributed by atoms with E-state index < -0.39 is 6.17 Å². The second-order valence-electron chi connectivity index (χ2n) is 8.89. The van der Waals surface area contributed by atoms with Gasteiger partial charge in [0.25, 0.3) is 0 Å². The Bertz CT molecular complexity index is 874. The van der Waals surface area contributed by atoms with E-state index in [0.29, 0.717) is 17.4 Å². The SMILES string of the molecule is C=C(N[C@H](C)C(C)F)N1CC2(CC2)C[C@@H]1Cc1cccc(-c2ccccc2)c1F. The minimum absolute atomic E-state index is 0.139. The molecule has 0 bridgehead atoms. The zero-order valence-electron chi connectivity index (χ0n) is 17.3. The van der Waals surface area contributed by atoms with Gasteiger partial charge in [-0.3, -0.25) is 0 Å². The lowest BCUT2D eigenvalue weighted by Gasteiger charge is -2.31. The van der Waals surface area contributed by atoms with Crippen LogP contribution in [0.4, 0.5) is 8.78 Å². The number of nitrogens with one attached hydrogen (secondary N) is 1. The van der Waals surface area contributed by atoms with Gasteiger partial charge in [-0.05, 0) is 56.1 Å². The molecular weight excluding hydrogens is 366 g/mol. The molecule has 2 nitrogen and oxygen atoms in total. The molecule has 1 aliphatic heterocycles. The van der Waals surface area contributed by atoms with E-state index in [-0.39, 0.29) is 17.9 Å². The van der Waals surface area contributed by atoms with Crippen molar-refractivity contribution in [2.75, 3.05) is 6.54 Å². The largest absolute Gasteiger partial charge is 0.367 e. The van der Waals surface area contributed by atoms with E-state index in [1.54, 1.807) is 6.92 Å². The number of rotatable bonds is 7. The van der Waals surface area contributed by atoms with Crippen LogP contribution in [0.15, 0.2) is 60.9 Å². The van der Waals surface area contributed by atoms with Gasteiger partial charge in [0.1, 0.15) is 12.0 Å². The van der Waals surface area contributed by atoms with Gasteiger partial charge in [0.15, 0.2) is 0 Å². The van der Waals surface area contributed by atoms with Crippen LogP contribution in [0, 0.1) is 11.2 Å². The molecule has 2 aromatic rings. The Labute approximate surface area is 172 Å². The summed E-state index contributed by atoms with van der Waals surface area (Å²) in [6, 6.07) is 15.2. The maximum Gasteiger partial charge on any atom is 0.134 e. The summed E-state index contributed by atoms with van der Waals surface area (Å²) in [5, 5.41) is 3.22. The molecule has 2 aliphatic rings. The molecule has 1 unspecified atom stereocenters. The molecule has 4 rings (SSSR count). The number of hydrogen-bond acceptors (Lipinski definition) is 2. The van der Waals surface area contributed by atoms with Crippen LogP contribution in [-0.4, -0.2) is 29.7 Å². The smallest absolute Gasteiger partial charge is 0.134 e. The first-order chi connectivity index (χ1) is 13.9. The second-order valence-corrected chi connectivity index (χ2v) is 8.89. The van der Waals surface area contributed by atoms with E-state index in [1.165, 1.54) is 12.8 Å². The lowest BCUT2D eigenvalue weighted by atomic mass is 9.95. The van der Waals surface area contributed by atoms with Crippen molar-refractivity contribution in [2.24, 2.45) is 5.41 Å². The third kappa shape index (κ3) is 4.17. The average Bonchev–Trinajstić information content (AvgIpc) is 3.36. The molecule has 1 N–H and O–H groups in total. The summed E-state index contributed by atoms with van der Waals surface area (Å²) >= 11 is 0. The Hall–Kier alpha value is -2.36. The summed E-state index contributed by atoms with van der Waals surface area (Å²) in [7, 11) is 0. The average molecular weight is 397 g/mol. The van der Waals surface area contributed by atoms with Gasteiger partial charge in [-0.15, -0.1) is 0 Å². The highest BCUT2D eigenvalue weighted by Crippen LogP contribution is 2.55. The fourth-order valence-electron chi connectivity index (χ4n) is 4.49. The molecule has 1 saturated heterocycles. The molecule has 3 atom stereocenters. The van der Waals surface area contributed by atoms with Crippen molar-refractivity contribution in [1.82, 2.24) is 10.2 Å². The minimum Gasteiger partial charge on any atom is -0.367 e. The molecule has 0 radical (unpaired) electrons. The molecule has 2 aromatic carbocycles. The summed E-state index contributed by atoms with van der Waals surface area (Å²) in [5.74, 6) is 0.620. The normalized spacial score (nSPS) is 21.8. The number of alkyl halides is 1. The number of likely N-dealkylation sites (tertiary alicyclic amines) is 1. The van der Waals surface area contributed by atoms with Gasteiger partial charge in [0.2, 0.25) is 0 Å². The maximum atomic E-state index is 15.4. The third-order valence-electron chi connectivity index (χ3n) is 6.62. The van der Waals surface area contributed by atoms with Gasteiger partial charge < -0.3 is 10.2 Å². The highest BCUT2D eigenvalue weighted by atomic mass is 19.1. The monoisotopic (exact) mass is 396 g/mol. The van der Waals surface area contributed by atoms with E-state index in [2.05, 4.69) is 16.8 Å². The van der Waals surface area contributed by atoms with Crippen molar-refractivity contribution in [3.05, 3.63) is 72.3 Å². The molecule has 1 heterocycles. The Morgan fingerprint density at radius 2 is 1.90 bits per heavy atom. The lowest BCUT2D eigenvalue weighted by molar-refractivity contribution is 0.244. The summed E-state index contributed by atoms with van der Waals surface area (Å²) in [5.41, 5.74) is 2.61. The van der Waals surface area contributed by atoms with Gasteiger partial charge in [-0.25, -0.2) is 8.78 Å². The third-order valence-corrected chi connectivity index (χ3v) is 6.62. The molecule has 0 amide bonds. The molecule has 0 aromatic heterocycles. The van der Waals surface area contributed by atoms with Crippen LogP contribution in [0.2, 0.25) is 0 Å². The molecule has 29 heavy (non-hydrogen) atoms. The highest BCUT2D eigenvalue weighted by molar-refractivity contribution is 5.65. The lowest BCUT2D eigenvalue weighted by Crippen LogP contribution is -2.42. The Balaban J connectivity index is 1.55. The number of halogens is 2. The van der Waals surface area contributed by atoms with Gasteiger partial charge in [-0.1, -0.05) is 55.1 Å². The minimum atomic E-state index is -0.956. The van der Waals surface area contributed by atoms with Crippen molar-refractivity contribution in [3.63, 3.8) is 0 Å². The van der Waals surface area contributed by atoms with Crippen molar-refractivity contribution in [2.45, 2.75) is 57.8 Å². The zero-order chi connectivity index (χ0) is 20.6.